The highest BCUT2D eigenvalue weighted by Gasteiger charge is 2.40. The zero-order chi connectivity index (χ0) is 13.2. The Labute approximate surface area is 111 Å². The van der Waals surface area contributed by atoms with Crippen LogP contribution < -0.4 is 5.32 Å². The molecule has 2 rings (SSSR count). The molecular formula is C13H26N2O2S. The van der Waals surface area contributed by atoms with E-state index in [-0.39, 0.29) is 5.75 Å². The van der Waals surface area contributed by atoms with Crippen LogP contribution in [0.5, 0.6) is 0 Å². The van der Waals surface area contributed by atoms with E-state index >= 15 is 0 Å². The topological polar surface area (TPSA) is 49.4 Å². The van der Waals surface area contributed by atoms with Gasteiger partial charge in [0.25, 0.3) is 0 Å². The molecule has 0 aromatic rings. The van der Waals surface area contributed by atoms with E-state index in [9.17, 15) is 8.42 Å². The van der Waals surface area contributed by atoms with Crippen LogP contribution in [0.2, 0.25) is 0 Å². The van der Waals surface area contributed by atoms with Gasteiger partial charge >= 0.3 is 0 Å². The maximum Gasteiger partial charge on any atom is 0.213 e. The fourth-order valence-corrected chi connectivity index (χ4v) is 4.87. The second-order valence-electron chi connectivity index (χ2n) is 5.99. The van der Waals surface area contributed by atoms with Gasteiger partial charge in [-0.15, -0.1) is 0 Å². The third kappa shape index (κ3) is 3.25. The maximum absolute atomic E-state index is 12.1. The number of fused-ring (bicyclic) bond motifs is 2. The second kappa shape index (κ2) is 5.88. The Bertz CT molecular complexity index is 369. The van der Waals surface area contributed by atoms with Crippen LogP contribution in [-0.2, 0) is 10.0 Å². The van der Waals surface area contributed by atoms with Gasteiger partial charge in [-0.05, 0) is 57.0 Å². The first-order valence-electron chi connectivity index (χ1n) is 7.11. The number of hydrogen-bond acceptors (Lipinski definition) is 3. The molecule has 0 aromatic carbocycles. The van der Waals surface area contributed by atoms with Gasteiger partial charge in [-0.2, -0.15) is 0 Å². The number of rotatable bonds is 7. The molecule has 1 N–H and O–H groups in total. The number of sulfonamides is 1. The van der Waals surface area contributed by atoms with Gasteiger partial charge in [-0.1, -0.05) is 6.42 Å². The molecule has 2 saturated carbocycles. The van der Waals surface area contributed by atoms with E-state index in [1.54, 1.807) is 11.4 Å². The van der Waals surface area contributed by atoms with Gasteiger partial charge in [0.15, 0.2) is 0 Å². The van der Waals surface area contributed by atoms with Crippen LogP contribution in [0.15, 0.2) is 0 Å². The summed E-state index contributed by atoms with van der Waals surface area (Å²) < 4.78 is 25.8. The minimum Gasteiger partial charge on any atom is -0.320 e. The summed E-state index contributed by atoms with van der Waals surface area (Å²) in [6.45, 7) is 1.50. The van der Waals surface area contributed by atoms with Gasteiger partial charge in [0, 0.05) is 13.6 Å². The molecule has 0 aliphatic heterocycles. The molecule has 0 saturated heterocycles. The van der Waals surface area contributed by atoms with E-state index in [0.29, 0.717) is 12.3 Å². The van der Waals surface area contributed by atoms with Crippen molar-refractivity contribution in [3.8, 4) is 0 Å². The van der Waals surface area contributed by atoms with Crippen LogP contribution >= 0.6 is 0 Å². The second-order valence-corrected chi connectivity index (χ2v) is 8.18. The van der Waals surface area contributed by atoms with Crippen LogP contribution in [0.4, 0.5) is 0 Å². The van der Waals surface area contributed by atoms with Crippen molar-refractivity contribution in [1.82, 2.24) is 9.62 Å². The predicted octanol–water partition coefficient (Wildman–Crippen LogP) is 1.29. The average molecular weight is 274 g/mol. The van der Waals surface area contributed by atoms with Crippen molar-refractivity contribution in [3.63, 3.8) is 0 Å². The van der Waals surface area contributed by atoms with Gasteiger partial charge < -0.3 is 5.32 Å². The molecule has 4 nitrogen and oxygen atoms in total. The van der Waals surface area contributed by atoms with Crippen LogP contribution in [0, 0.1) is 17.8 Å². The maximum atomic E-state index is 12.1. The predicted molar refractivity (Wildman–Crippen MR) is 73.9 cm³/mol. The molecule has 3 unspecified atom stereocenters. The zero-order valence-corrected chi connectivity index (χ0v) is 12.4. The van der Waals surface area contributed by atoms with Crippen molar-refractivity contribution in [2.45, 2.75) is 32.1 Å². The Balaban J connectivity index is 1.81. The Kier molecular flexibility index (Phi) is 4.67. The molecule has 2 aliphatic carbocycles. The van der Waals surface area contributed by atoms with E-state index < -0.39 is 10.0 Å². The van der Waals surface area contributed by atoms with E-state index in [1.807, 2.05) is 7.05 Å². The van der Waals surface area contributed by atoms with Crippen molar-refractivity contribution in [3.05, 3.63) is 0 Å². The molecule has 2 bridgehead atoms. The molecule has 2 fully saturated rings. The summed E-state index contributed by atoms with van der Waals surface area (Å²) in [5.74, 6) is 2.57. The summed E-state index contributed by atoms with van der Waals surface area (Å²) in [6, 6.07) is 0. The van der Waals surface area contributed by atoms with Crippen molar-refractivity contribution < 1.29 is 8.42 Å². The third-order valence-corrected chi connectivity index (χ3v) is 6.58. The first kappa shape index (κ1) is 14.3. The fourth-order valence-electron chi connectivity index (χ4n) is 3.63. The molecular weight excluding hydrogens is 248 g/mol. The highest BCUT2D eigenvalue weighted by atomic mass is 32.2. The van der Waals surface area contributed by atoms with Crippen LogP contribution in [-0.4, -0.2) is 45.7 Å². The third-order valence-electron chi connectivity index (χ3n) is 4.68. The Morgan fingerprint density at radius 1 is 1.28 bits per heavy atom. The van der Waals surface area contributed by atoms with Crippen LogP contribution in [0.25, 0.3) is 0 Å². The SMILES string of the molecule is CNCCCS(=O)(=O)N(C)CC1CC2CCC1C2. The molecule has 0 aromatic heterocycles. The molecule has 2 aliphatic rings. The summed E-state index contributed by atoms with van der Waals surface area (Å²) in [7, 11) is 0.560. The first-order chi connectivity index (χ1) is 8.53. The van der Waals surface area contributed by atoms with Crippen LogP contribution in [0.1, 0.15) is 32.1 Å². The van der Waals surface area contributed by atoms with E-state index in [2.05, 4.69) is 5.32 Å². The van der Waals surface area contributed by atoms with Crippen molar-refractivity contribution >= 4 is 10.0 Å². The Morgan fingerprint density at radius 3 is 2.61 bits per heavy atom. The summed E-state index contributed by atoms with van der Waals surface area (Å²) in [6.07, 6.45) is 5.99. The van der Waals surface area contributed by atoms with Gasteiger partial charge in [-0.25, -0.2) is 12.7 Å². The summed E-state index contributed by atoms with van der Waals surface area (Å²) in [5.41, 5.74) is 0. The molecule has 3 atom stereocenters. The molecule has 18 heavy (non-hydrogen) atoms. The van der Waals surface area contributed by atoms with E-state index in [1.165, 1.54) is 25.7 Å². The lowest BCUT2D eigenvalue weighted by Crippen LogP contribution is -2.35. The summed E-state index contributed by atoms with van der Waals surface area (Å²) in [4.78, 5) is 0. The van der Waals surface area contributed by atoms with Crippen molar-refractivity contribution in [1.29, 1.82) is 0 Å². The molecule has 0 amide bonds. The normalized spacial score (nSPS) is 31.4. The zero-order valence-electron chi connectivity index (χ0n) is 11.6. The monoisotopic (exact) mass is 274 g/mol. The van der Waals surface area contributed by atoms with Gasteiger partial charge in [0.05, 0.1) is 5.75 Å². The number of nitrogens with one attached hydrogen (secondary N) is 1. The lowest BCUT2D eigenvalue weighted by molar-refractivity contribution is 0.280. The lowest BCUT2D eigenvalue weighted by Gasteiger charge is -2.26. The Hall–Kier alpha value is -0.130. The Morgan fingerprint density at radius 2 is 2.06 bits per heavy atom. The summed E-state index contributed by atoms with van der Waals surface area (Å²) >= 11 is 0. The average Bonchev–Trinajstić information content (AvgIpc) is 2.91. The summed E-state index contributed by atoms with van der Waals surface area (Å²) in [5, 5.41) is 2.99. The first-order valence-corrected chi connectivity index (χ1v) is 8.72. The molecule has 0 spiro atoms. The number of hydrogen-bond donors (Lipinski definition) is 1. The van der Waals surface area contributed by atoms with Gasteiger partial charge in [-0.3, -0.25) is 0 Å². The highest BCUT2D eigenvalue weighted by Crippen LogP contribution is 2.48. The fraction of sp³-hybridized carbons (Fsp3) is 1.00. The van der Waals surface area contributed by atoms with Gasteiger partial charge in [0.2, 0.25) is 10.0 Å². The smallest absolute Gasteiger partial charge is 0.213 e. The largest absolute Gasteiger partial charge is 0.320 e. The standard InChI is InChI=1S/C13H26N2O2S/c1-14-6-3-7-18(16,17)15(2)10-13-9-11-4-5-12(13)8-11/h11-14H,3-10H2,1-2H3. The van der Waals surface area contributed by atoms with Crippen LogP contribution in [0.3, 0.4) is 0 Å². The quantitative estimate of drug-likeness (QED) is 0.712. The minimum absolute atomic E-state index is 0.269. The van der Waals surface area contributed by atoms with Gasteiger partial charge in [0.1, 0.15) is 0 Å². The minimum atomic E-state index is -3.04. The van der Waals surface area contributed by atoms with E-state index in [4.69, 9.17) is 0 Å². The van der Waals surface area contributed by atoms with E-state index in [0.717, 1.165) is 24.9 Å². The molecule has 5 heteroatoms. The highest BCUT2D eigenvalue weighted by molar-refractivity contribution is 7.89. The molecule has 0 radical (unpaired) electrons. The van der Waals surface area contributed by atoms with Crippen molar-refractivity contribution in [2.75, 3.05) is 32.9 Å². The van der Waals surface area contributed by atoms with Crippen molar-refractivity contribution in [2.24, 2.45) is 17.8 Å². The number of nitrogens with zero attached hydrogens (tertiary/aromatic N) is 1. The lowest BCUT2D eigenvalue weighted by atomic mass is 9.89. The molecule has 106 valence electrons. The molecule has 0 heterocycles.